The Morgan fingerprint density at radius 3 is 2.68 bits per heavy atom. The van der Waals surface area contributed by atoms with Gasteiger partial charge in [-0.2, -0.15) is 13.2 Å². The lowest BCUT2D eigenvalue weighted by Crippen LogP contribution is -2.10. The lowest BCUT2D eigenvalue weighted by molar-refractivity contribution is -0.141. The number of aryl methyl sites for hydroxylation is 1. The summed E-state index contributed by atoms with van der Waals surface area (Å²) < 4.78 is 42.4. The van der Waals surface area contributed by atoms with Crippen molar-refractivity contribution in [2.24, 2.45) is 0 Å². The zero-order valence-corrected chi connectivity index (χ0v) is 9.95. The van der Waals surface area contributed by atoms with Crippen LogP contribution in [0, 0.1) is 6.92 Å². The van der Waals surface area contributed by atoms with Crippen LogP contribution in [0.25, 0.3) is 0 Å². The van der Waals surface area contributed by atoms with Gasteiger partial charge in [-0.1, -0.05) is 5.16 Å². The lowest BCUT2D eigenvalue weighted by atomic mass is 10.2. The number of nitrogens with zero attached hydrogens (tertiary/aromatic N) is 2. The molecular formula is C11H11F3N4O. The van der Waals surface area contributed by atoms with Crippen LogP contribution in [0.1, 0.15) is 17.1 Å². The molecule has 0 amide bonds. The Labute approximate surface area is 106 Å². The van der Waals surface area contributed by atoms with Crippen LogP contribution in [0.15, 0.2) is 22.9 Å². The molecule has 5 nitrogen and oxygen atoms in total. The van der Waals surface area contributed by atoms with E-state index in [0.29, 0.717) is 11.5 Å². The van der Waals surface area contributed by atoms with Gasteiger partial charge in [-0.3, -0.25) is 0 Å². The van der Waals surface area contributed by atoms with Crippen LogP contribution < -0.4 is 11.1 Å². The number of pyridine rings is 1. The molecule has 0 fully saturated rings. The number of hydrogen-bond donors (Lipinski definition) is 2. The van der Waals surface area contributed by atoms with E-state index in [4.69, 9.17) is 10.3 Å². The van der Waals surface area contributed by atoms with Gasteiger partial charge in [-0.05, 0) is 13.0 Å². The van der Waals surface area contributed by atoms with Gasteiger partial charge in [0.1, 0.15) is 17.1 Å². The summed E-state index contributed by atoms with van der Waals surface area (Å²) in [5, 5.41) is 6.48. The van der Waals surface area contributed by atoms with E-state index in [2.05, 4.69) is 15.5 Å². The summed E-state index contributed by atoms with van der Waals surface area (Å²) in [6, 6.07) is 2.54. The van der Waals surface area contributed by atoms with Crippen LogP contribution in [-0.4, -0.2) is 10.1 Å². The van der Waals surface area contributed by atoms with Crippen molar-refractivity contribution in [1.29, 1.82) is 0 Å². The smallest absolute Gasteiger partial charge is 0.396 e. The molecule has 0 radical (unpaired) electrons. The number of alkyl halides is 3. The van der Waals surface area contributed by atoms with Crippen LogP contribution in [0.2, 0.25) is 0 Å². The summed E-state index contributed by atoms with van der Waals surface area (Å²) >= 11 is 0. The molecule has 2 aromatic heterocycles. The summed E-state index contributed by atoms with van der Waals surface area (Å²) in [4.78, 5) is 3.25. The summed E-state index contributed by atoms with van der Waals surface area (Å²) in [5.74, 6) is 0.621. The minimum Gasteiger partial charge on any atom is -0.396 e. The Morgan fingerprint density at radius 1 is 1.37 bits per heavy atom. The number of nitrogens with two attached hydrogens (primary N) is 1. The standard InChI is InChI=1S/C11H11F3N4O/c1-6-2-7(18-19-6)4-16-9-3-10(11(12,13)14)17-5-8(9)15/h2-3,5H,4,15H2,1H3,(H,16,17). The molecule has 2 aromatic rings. The molecular weight excluding hydrogens is 261 g/mol. The highest BCUT2D eigenvalue weighted by atomic mass is 19.4. The molecule has 0 saturated carbocycles. The van der Waals surface area contributed by atoms with Gasteiger partial charge in [0.05, 0.1) is 24.1 Å². The largest absolute Gasteiger partial charge is 0.433 e. The van der Waals surface area contributed by atoms with Gasteiger partial charge in [0.2, 0.25) is 0 Å². The van der Waals surface area contributed by atoms with Crippen molar-refractivity contribution in [2.75, 3.05) is 11.1 Å². The monoisotopic (exact) mass is 272 g/mol. The van der Waals surface area contributed by atoms with Crippen LogP contribution in [0.3, 0.4) is 0 Å². The minimum absolute atomic E-state index is 0.133. The third kappa shape index (κ3) is 3.15. The number of aromatic nitrogens is 2. The summed E-state index contributed by atoms with van der Waals surface area (Å²) in [5.41, 5.74) is 5.43. The highest BCUT2D eigenvalue weighted by molar-refractivity contribution is 5.65. The quantitative estimate of drug-likeness (QED) is 0.898. The molecule has 8 heteroatoms. The van der Waals surface area contributed by atoms with Crippen LogP contribution in [0.5, 0.6) is 0 Å². The fraction of sp³-hybridized carbons (Fsp3) is 0.273. The van der Waals surface area contributed by atoms with Gasteiger partial charge < -0.3 is 15.6 Å². The van der Waals surface area contributed by atoms with Crippen molar-refractivity contribution in [2.45, 2.75) is 19.6 Å². The van der Waals surface area contributed by atoms with Gasteiger partial charge in [0, 0.05) is 6.07 Å². The van der Waals surface area contributed by atoms with E-state index < -0.39 is 11.9 Å². The molecule has 0 saturated heterocycles. The van der Waals surface area contributed by atoms with Crippen LogP contribution in [0.4, 0.5) is 24.5 Å². The predicted octanol–water partition coefficient (Wildman–Crippen LogP) is 2.59. The third-order valence-corrected chi connectivity index (χ3v) is 2.36. The van der Waals surface area contributed by atoms with Crippen molar-refractivity contribution in [3.8, 4) is 0 Å². The second-order valence-corrected chi connectivity index (χ2v) is 3.94. The normalized spacial score (nSPS) is 11.6. The van der Waals surface area contributed by atoms with Crippen molar-refractivity contribution < 1.29 is 17.7 Å². The first-order chi connectivity index (χ1) is 8.86. The summed E-state index contributed by atoms with van der Waals surface area (Å²) in [6.07, 6.45) is -3.53. The van der Waals surface area contributed by atoms with E-state index in [1.807, 2.05) is 0 Å². The van der Waals surface area contributed by atoms with E-state index in [1.165, 1.54) is 0 Å². The first-order valence-electron chi connectivity index (χ1n) is 5.35. The van der Waals surface area contributed by atoms with Crippen molar-refractivity contribution in [1.82, 2.24) is 10.1 Å². The van der Waals surface area contributed by atoms with Crippen LogP contribution in [-0.2, 0) is 12.7 Å². The topological polar surface area (TPSA) is 77.0 Å². The molecule has 0 bridgehead atoms. The average Bonchev–Trinajstić information content (AvgIpc) is 2.72. The SMILES string of the molecule is Cc1cc(CNc2cc(C(F)(F)F)ncc2N)no1. The molecule has 102 valence electrons. The van der Waals surface area contributed by atoms with Gasteiger partial charge in [0.15, 0.2) is 0 Å². The number of hydrogen-bond acceptors (Lipinski definition) is 5. The maximum Gasteiger partial charge on any atom is 0.433 e. The molecule has 0 spiro atoms. The van der Waals surface area contributed by atoms with Gasteiger partial charge in [-0.25, -0.2) is 4.98 Å². The van der Waals surface area contributed by atoms with E-state index >= 15 is 0 Å². The molecule has 0 aliphatic heterocycles. The van der Waals surface area contributed by atoms with Gasteiger partial charge in [0.25, 0.3) is 0 Å². The highest BCUT2D eigenvalue weighted by Crippen LogP contribution is 2.31. The zero-order chi connectivity index (χ0) is 14.0. The number of nitrogens with one attached hydrogen (secondary N) is 1. The van der Waals surface area contributed by atoms with Crippen molar-refractivity contribution >= 4 is 11.4 Å². The molecule has 2 heterocycles. The number of rotatable bonds is 3. The Morgan fingerprint density at radius 2 is 2.11 bits per heavy atom. The maximum atomic E-state index is 12.5. The highest BCUT2D eigenvalue weighted by Gasteiger charge is 2.32. The Hall–Kier alpha value is -2.25. The molecule has 2 rings (SSSR count). The van der Waals surface area contributed by atoms with E-state index in [1.54, 1.807) is 13.0 Å². The maximum absolute atomic E-state index is 12.5. The Bertz CT molecular complexity index is 580. The first-order valence-corrected chi connectivity index (χ1v) is 5.35. The van der Waals surface area contributed by atoms with E-state index in [9.17, 15) is 13.2 Å². The van der Waals surface area contributed by atoms with E-state index in [-0.39, 0.29) is 17.9 Å². The predicted molar refractivity (Wildman–Crippen MR) is 62.2 cm³/mol. The van der Waals surface area contributed by atoms with E-state index in [0.717, 1.165) is 12.3 Å². The fourth-order valence-electron chi connectivity index (χ4n) is 1.46. The molecule has 0 aromatic carbocycles. The molecule has 19 heavy (non-hydrogen) atoms. The zero-order valence-electron chi connectivity index (χ0n) is 9.95. The summed E-state index contributed by atoms with van der Waals surface area (Å²) in [7, 11) is 0. The third-order valence-electron chi connectivity index (χ3n) is 2.36. The fourth-order valence-corrected chi connectivity index (χ4v) is 1.46. The molecule has 0 aliphatic rings. The second kappa shape index (κ2) is 4.79. The molecule has 3 N–H and O–H groups in total. The van der Waals surface area contributed by atoms with Gasteiger partial charge in [-0.15, -0.1) is 0 Å². The average molecular weight is 272 g/mol. The van der Waals surface area contributed by atoms with Crippen LogP contribution >= 0.6 is 0 Å². The molecule has 0 aliphatic carbocycles. The van der Waals surface area contributed by atoms with Crippen molar-refractivity contribution in [3.05, 3.63) is 35.5 Å². The second-order valence-electron chi connectivity index (χ2n) is 3.94. The minimum atomic E-state index is -4.51. The summed E-state index contributed by atoms with van der Waals surface area (Å²) in [6.45, 7) is 1.93. The molecule has 0 atom stereocenters. The Kier molecular flexibility index (Phi) is 3.32. The lowest BCUT2D eigenvalue weighted by Gasteiger charge is -2.11. The number of anilines is 2. The Balaban J connectivity index is 2.15. The number of halogens is 3. The first kappa shape index (κ1) is 13.2. The molecule has 0 unspecified atom stereocenters. The van der Waals surface area contributed by atoms with Gasteiger partial charge >= 0.3 is 6.18 Å². The van der Waals surface area contributed by atoms with Crippen molar-refractivity contribution in [3.63, 3.8) is 0 Å². The number of nitrogen functional groups attached to an aromatic ring is 1.